The molecule has 0 aromatic carbocycles. The monoisotopic (exact) mass is 236 g/mol. The molecule has 5 heteroatoms. The number of carbonyl (C=O) groups is 1. The van der Waals surface area contributed by atoms with Crippen LogP contribution in [0.15, 0.2) is 0 Å². The first-order valence-electron chi connectivity index (χ1n) is 5.81. The van der Waals surface area contributed by atoms with Crippen molar-refractivity contribution in [1.29, 1.82) is 0 Å². The Morgan fingerprint density at radius 2 is 1.88 bits per heavy atom. The number of nitrogens with one attached hydrogen (secondary N) is 2. The number of amides is 1. The molecule has 1 aliphatic rings. The topological polar surface area (TPSA) is 83.8 Å². The third-order valence-corrected chi connectivity index (χ3v) is 4.51. The number of aromatic nitrogens is 2. The molecule has 17 heavy (non-hydrogen) atoms. The molecule has 1 aromatic heterocycles. The smallest absolute Gasteiger partial charge is 0.274 e. The molecule has 4 N–H and O–H groups in total. The van der Waals surface area contributed by atoms with E-state index in [4.69, 9.17) is 5.73 Å². The Labute approximate surface area is 101 Å². The lowest BCUT2D eigenvalue weighted by Crippen LogP contribution is -2.30. The quantitative estimate of drug-likeness (QED) is 0.727. The fourth-order valence-electron chi connectivity index (χ4n) is 2.37. The SMILES string of the molecule is Cc1[nH]nc(C(=O)NC2C(C)(C)C2(C)C)c1N. The van der Waals surface area contributed by atoms with E-state index in [2.05, 4.69) is 43.2 Å². The molecule has 0 aliphatic heterocycles. The number of carbonyl (C=O) groups excluding carboxylic acids is 1. The van der Waals surface area contributed by atoms with Crippen LogP contribution in [0, 0.1) is 17.8 Å². The van der Waals surface area contributed by atoms with Gasteiger partial charge in [0.2, 0.25) is 0 Å². The zero-order valence-electron chi connectivity index (χ0n) is 11.0. The van der Waals surface area contributed by atoms with Crippen LogP contribution in [0.1, 0.15) is 43.9 Å². The van der Waals surface area contributed by atoms with Crippen LogP contribution < -0.4 is 11.1 Å². The van der Waals surface area contributed by atoms with Gasteiger partial charge in [-0.1, -0.05) is 27.7 Å². The van der Waals surface area contributed by atoms with E-state index < -0.39 is 0 Å². The predicted octanol–water partition coefficient (Wildman–Crippen LogP) is 1.46. The summed E-state index contributed by atoms with van der Waals surface area (Å²) in [4.78, 5) is 12.0. The second-order valence-electron chi connectivity index (χ2n) is 5.96. The first-order chi connectivity index (χ1) is 7.69. The number of H-pyrrole nitrogens is 1. The van der Waals surface area contributed by atoms with E-state index in [0.29, 0.717) is 11.4 Å². The molecule has 0 unspecified atom stereocenters. The second-order valence-corrected chi connectivity index (χ2v) is 5.96. The second kappa shape index (κ2) is 3.24. The molecule has 0 radical (unpaired) electrons. The van der Waals surface area contributed by atoms with Gasteiger partial charge in [-0.2, -0.15) is 5.10 Å². The van der Waals surface area contributed by atoms with Crippen LogP contribution in [0.25, 0.3) is 0 Å². The third-order valence-electron chi connectivity index (χ3n) is 4.51. The molecule has 1 aliphatic carbocycles. The van der Waals surface area contributed by atoms with Crippen LogP contribution in [0.4, 0.5) is 5.69 Å². The van der Waals surface area contributed by atoms with E-state index in [1.165, 1.54) is 0 Å². The van der Waals surface area contributed by atoms with Crippen molar-refractivity contribution in [2.75, 3.05) is 5.73 Å². The number of aromatic amines is 1. The number of nitrogens with two attached hydrogens (primary N) is 1. The molecule has 2 rings (SSSR count). The van der Waals surface area contributed by atoms with Gasteiger partial charge in [-0.05, 0) is 17.8 Å². The largest absolute Gasteiger partial charge is 0.395 e. The van der Waals surface area contributed by atoms with Gasteiger partial charge < -0.3 is 11.1 Å². The number of hydrogen-bond acceptors (Lipinski definition) is 3. The number of hydrogen-bond donors (Lipinski definition) is 3. The highest BCUT2D eigenvalue weighted by atomic mass is 16.2. The van der Waals surface area contributed by atoms with Crippen molar-refractivity contribution in [1.82, 2.24) is 15.5 Å². The minimum absolute atomic E-state index is 0.114. The summed E-state index contributed by atoms with van der Waals surface area (Å²) in [5.41, 5.74) is 7.46. The standard InChI is InChI=1S/C12H20N4O/c1-6-7(13)8(16-15-6)9(17)14-10-11(2,3)12(10,4)5/h10H,13H2,1-5H3,(H,14,17)(H,15,16). The van der Waals surface area contributed by atoms with E-state index in [1.54, 1.807) is 6.92 Å². The van der Waals surface area contributed by atoms with E-state index in [0.717, 1.165) is 5.69 Å². The summed E-state index contributed by atoms with van der Waals surface area (Å²) in [6.45, 7) is 10.4. The zero-order valence-corrected chi connectivity index (χ0v) is 11.0. The Bertz CT molecular complexity index is 459. The average Bonchev–Trinajstić information content (AvgIpc) is 2.52. The van der Waals surface area contributed by atoms with Crippen molar-refractivity contribution < 1.29 is 4.79 Å². The summed E-state index contributed by atoms with van der Waals surface area (Å²) in [5, 5.41) is 9.65. The lowest BCUT2D eigenvalue weighted by molar-refractivity contribution is 0.0939. The highest BCUT2D eigenvalue weighted by molar-refractivity contribution is 5.98. The minimum atomic E-state index is -0.199. The molecule has 0 bridgehead atoms. The van der Waals surface area contributed by atoms with Crippen molar-refractivity contribution in [3.05, 3.63) is 11.4 Å². The maximum absolute atomic E-state index is 12.0. The van der Waals surface area contributed by atoms with Crippen LogP contribution in [0.2, 0.25) is 0 Å². The Morgan fingerprint density at radius 3 is 2.24 bits per heavy atom. The fraction of sp³-hybridized carbons (Fsp3) is 0.667. The maximum Gasteiger partial charge on any atom is 0.274 e. The van der Waals surface area contributed by atoms with Crippen molar-refractivity contribution in [3.8, 4) is 0 Å². The molecular formula is C12H20N4O. The molecule has 94 valence electrons. The third kappa shape index (κ3) is 1.52. The van der Waals surface area contributed by atoms with Crippen molar-refractivity contribution in [2.24, 2.45) is 10.8 Å². The Balaban J connectivity index is 2.13. The number of aryl methyl sites for hydroxylation is 1. The summed E-state index contributed by atoms with van der Waals surface area (Å²) in [5.74, 6) is -0.199. The molecule has 1 heterocycles. The highest BCUT2D eigenvalue weighted by Gasteiger charge is 2.65. The molecule has 1 aromatic rings. The molecule has 0 atom stereocenters. The van der Waals surface area contributed by atoms with Gasteiger partial charge in [0.25, 0.3) is 5.91 Å². The zero-order chi connectivity index (χ0) is 13.0. The maximum atomic E-state index is 12.0. The van der Waals surface area contributed by atoms with Gasteiger partial charge in [-0.25, -0.2) is 0 Å². The van der Waals surface area contributed by atoms with E-state index >= 15 is 0 Å². The first-order valence-corrected chi connectivity index (χ1v) is 5.81. The molecular weight excluding hydrogens is 216 g/mol. The van der Waals surface area contributed by atoms with Gasteiger partial charge in [0.05, 0.1) is 11.4 Å². The Kier molecular flexibility index (Phi) is 2.28. The summed E-state index contributed by atoms with van der Waals surface area (Å²) >= 11 is 0. The lowest BCUT2D eigenvalue weighted by atomic mass is 10.0. The number of nitrogens with zero attached hydrogens (tertiary/aromatic N) is 1. The minimum Gasteiger partial charge on any atom is -0.395 e. The predicted molar refractivity (Wildman–Crippen MR) is 66.6 cm³/mol. The Morgan fingerprint density at radius 1 is 1.35 bits per heavy atom. The Hall–Kier alpha value is -1.52. The van der Waals surface area contributed by atoms with Gasteiger partial charge in [0, 0.05) is 6.04 Å². The summed E-state index contributed by atoms with van der Waals surface area (Å²) in [6.07, 6.45) is 0. The van der Waals surface area contributed by atoms with Gasteiger partial charge in [0.15, 0.2) is 5.69 Å². The van der Waals surface area contributed by atoms with Crippen LogP contribution in [0.3, 0.4) is 0 Å². The average molecular weight is 236 g/mol. The van der Waals surface area contributed by atoms with Crippen molar-refractivity contribution in [2.45, 2.75) is 40.7 Å². The molecule has 1 fully saturated rings. The van der Waals surface area contributed by atoms with Gasteiger partial charge in [0.1, 0.15) is 0 Å². The highest BCUT2D eigenvalue weighted by Crippen LogP contribution is 2.62. The molecule has 5 nitrogen and oxygen atoms in total. The van der Waals surface area contributed by atoms with Crippen molar-refractivity contribution in [3.63, 3.8) is 0 Å². The lowest BCUT2D eigenvalue weighted by Gasteiger charge is -2.05. The summed E-state index contributed by atoms with van der Waals surface area (Å²) < 4.78 is 0. The van der Waals surface area contributed by atoms with E-state index in [1.807, 2.05) is 0 Å². The number of nitrogen functional groups attached to an aromatic ring is 1. The van der Waals surface area contributed by atoms with Crippen LogP contribution in [0.5, 0.6) is 0 Å². The first kappa shape index (κ1) is 12.0. The normalized spacial score (nSPS) is 21.2. The van der Waals surface area contributed by atoms with E-state index in [-0.39, 0.29) is 22.8 Å². The van der Waals surface area contributed by atoms with Crippen LogP contribution >= 0.6 is 0 Å². The summed E-state index contributed by atoms with van der Waals surface area (Å²) in [6, 6.07) is 0.166. The number of anilines is 1. The molecule has 0 saturated heterocycles. The van der Waals surface area contributed by atoms with Crippen LogP contribution in [-0.4, -0.2) is 22.1 Å². The fourth-order valence-corrected chi connectivity index (χ4v) is 2.37. The molecule has 1 saturated carbocycles. The molecule has 1 amide bonds. The van der Waals surface area contributed by atoms with Gasteiger partial charge in [-0.15, -0.1) is 0 Å². The van der Waals surface area contributed by atoms with Crippen LogP contribution in [-0.2, 0) is 0 Å². The van der Waals surface area contributed by atoms with Gasteiger partial charge >= 0.3 is 0 Å². The molecule has 0 spiro atoms. The summed E-state index contributed by atoms with van der Waals surface area (Å²) in [7, 11) is 0. The van der Waals surface area contributed by atoms with Crippen molar-refractivity contribution >= 4 is 11.6 Å². The van der Waals surface area contributed by atoms with Gasteiger partial charge in [-0.3, -0.25) is 9.89 Å². The number of rotatable bonds is 2. The van der Waals surface area contributed by atoms with E-state index in [9.17, 15) is 4.79 Å².